The van der Waals surface area contributed by atoms with Crippen molar-refractivity contribution in [3.05, 3.63) is 0 Å². The van der Waals surface area contributed by atoms with Crippen LogP contribution in [0.25, 0.3) is 0 Å². The van der Waals surface area contributed by atoms with E-state index in [-0.39, 0.29) is 11.5 Å². The Kier molecular flexibility index (Phi) is 4.16. The van der Waals surface area contributed by atoms with Gasteiger partial charge in [-0.2, -0.15) is 11.8 Å². The van der Waals surface area contributed by atoms with E-state index in [9.17, 15) is 9.90 Å². The minimum absolute atomic E-state index is 0.203. The molecule has 1 atom stereocenters. The van der Waals surface area contributed by atoms with Crippen LogP contribution in [-0.2, 0) is 4.79 Å². The summed E-state index contributed by atoms with van der Waals surface area (Å²) in [7, 11) is 0. The predicted molar refractivity (Wildman–Crippen MR) is 88.8 cm³/mol. The Morgan fingerprint density at radius 3 is 2.50 bits per heavy atom. The van der Waals surface area contributed by atoms with Gasteiger partial charge in [0.1, 0.15) is 0 Å². The van der Waals surface area contributed by atoms with Crippen molar-refractivity contribution in [1.82, 2.24) is 9.80 Å². The number of likely N-dealkylation sites (tertiary alicyclic amines) is 2. The highest BCUT2D eigenvalue weighted by molar-refractivity contribution is 7.99. The van der Waals surface area contributed by atoms with Crippen LogP contribution in [0.5, 0.6) is 0 Å². The molecule has 1 aliphatic carbocycles. The lowest BCUT2D eigenvalue weighted by molar-refractivity contribution is -0.149. The van der Waals surface area contributed by atoms with E-state index in [0.717, 1.165) is 56.3 Å². The average Bonchev–Trinajstić information content (AvgIpc) is 3.25. The van der Waals surface area contributed by atoms with Crippen molar-refractivity contribution in [1.29, 1.82) is 0 Å². The summed E-state index contributed by atoms with van der Waals surface area (Å²) in [6, 6.07) is 0. The van der Waals surface area contributed by atoms with Crippen molar-refractivity contribution in [2.45, 2.75) is 37.6 Å². The molecule has 0 radical (unpaired) electrons. The zero-order valence-electron chi connectivity index (χ0n) is 13.4. The molecule has 3 aliphatic heterocycles. The quantitative estimate of drug-likeness (QED) is 0.850. The molecule has 1 saturated carbocycles. The fourth-order valence-corrected chi connectivity index (χ4v) is 5.70. The van der Waals surface area contributed by atoms with Gasteiger partial charge in [0, 0.05) is 38.7 Å². The lowest BCUT2D eigenvalue weighted by Gasteiger charge is -2.54. The first-order chi connectivity index (χ1) is 10.7. The molecule has 1 amide bonds. The number of hydrogen-bond acceptors (Lipinski definition) is 4. The molecule has 0 aromatic heterocycles. The zero-order valence-corrected chi connectivity index (χ0v) is 14.2. The molecule has 1 unspecified atom stereocenters. The summed E-state index contributed by atoms with van der Waals surface area (Å²) in [5, 5.41) is 9.55. The smallest absolute Gasteiger partial charge is 0.225 e. The highest BCUT2D eigenvalue weighted by Crippen LogP contribution is 2.44. The van der Waals surface area contributed by atoms with Crippen molar-refractivity contribution < 1.29 is 9.90 Å². The number of nitrogens with zero attached hydrogens (tertiary/aromatic N) is 2. The average molecular weight is 324 g/mol. The van der Waals surface area contributed by atoms with Crippen LogP contribution in [0.1, 0.15) is 32.1 Å². The molecular formula is C17H28N2O2S. The van der Waals surface area contributed by atoms with E-state index in [4.69, 9.17) is 0 Å². The third-order valence-corrected chi connectivity index (χ3v) is 7.15. The monoisotopic (exact) mass is 324 g/mol. The van der Waals surface area contributed by atoms with Crippen molar-refractivity contribution in [2.24, 2.45) is 17.8 Å². The SMILES string of the molecule is O=C(C1CCSCC1)N1CC2(CC(CO)CN2CC2CC2)C1. The van der Waals surface area contributed by atoms with E-state index >= 15 is 0 Å². The van der Waals surface area contributed by atoms with E-state index in [1.807, 2.05) is 11.8 Å². The van der Waals surface area contributed by atoms with E-state index < -0.39 is 0 Å². The minimum atomic E-state index is 0.203. The highest BCUT2D eigenvalue weighted by atomic mass is 32.2. The zero-order chi connectivity index (χ0) is 15.2. The third-order valence-electron chi connectivity index (χ3n) is 6.10. The fourth-order valence-electron chi connectivity index (χ4n) is 4.59. The summed E-state index contributed by atoms with van der Waals surface area (Å²) in [5.74, 6) is 4.29. The maximum absolute atomic E-state index is 12.7. The van der Waals surface area contributed by atoms with Crippen molar-refractivity contribution in [3.63, 3.8) is 0 Å². The molecule has 0 aromatic carbocycles. The second-order valence-corrected chi connectivity index (χ2v) is 9.13. The van der Waals surface area contributed by atoms with Crippen molar-refractivity contribution in [2.75, 3.05) is 44.3 Å². The number of hydrogen-bond donors (Lipinski definition) is 1. The van der Waals surface area contributed by atoms with Gasteiger partial charge in [0.05, 0.1) is 5.54 Å². The minimum Gasteiger partial charge on any atom is -0.396 e. The van der Waals surface area contributed by atoms with E-state index in [2.05, 4.69) is 9.80 Å². The molecule has 5 heteroatoms. The number of carbonyl (C=O) groups excluding carboxylic acids is 1. The maximum Gasteiger partial charge on any atom is 0.225 e. The van der Waals surface area contributed by atoms with Crippen molar-refractivity contribution >= 4 is 17.7 Å². The summed E-state index contributed by atoms with van der Waals surface area (Å²) < 4.78 is 0. The lowest BCUT2D eigenvalue weighted by Crippen LogP contribution is -2.69. The van der Waals surface area contributed by atoms with Gasteiger partial charge in [-0.05, 0) is 55.4 Å². The number of aliphatic hydroxyl groups excluding tert-OH is 1. The first-order valence-corrected chi connectivity index (χ1v) is 10.1. The predicted octanol–water partition coefficient (Wildman–Crippen LogP) is 1.43. The largest absolute Gasteiger partial charge is 0.396 e. The molecule has 124 valence electrons. The fraction of sp³-hybridized carbons (Fsp3) is 0.941. The highest BCUT2D eigenvalue weighted by Gasteiger charge is 2.55. The molecule has 0 bridgehead atoms. The maximum atomic E-state index is 12.7. The number of thioether (sulfide) groups is 1. The second kappa shape index (κ2) is 5.99. The Balaban J connectivity index is 1.37. The van der Waals surface area contributed by atoms with Gasteiger partial charge in [-0.25, -0.2) is 0 Å². The number of rotatable bonds is 4. The molecule has 3 heterocycles. The number of amides is 1. The first kappa shape index (κ1) is 15.3. The van der Waals surface area contributed by atoms with Gasteiger partial charge in [-0.15, -0.1) is 0 Å². The molecule has 1 N–H and O–H groups in total. The van der Waals surface area contributed by atoms with Crippen LogP contribution < -0.4 is 0 Å². The summed E-state index contributed by atoms with van der Waals surface area (Å²) in [5.41, 5.74) is 0.203. The normalized spacial score (nSPS) is 32.4. The van der Waals surface area contributed by atoms with Crippen LogP contribution in [0.15, 0.2) is 0 Å². The van der Waals surface area contributed by atoms with Gasteiger partial charge in [0.15, 0.2) is 0 Å². The van der Waals surface area contributed by atoms with E-state index in [1.54, 1.807) is 0 Å². The Bertz CT molecular complexity index is 428. The molecule has 4 aliphatic rings. The van der Waals surface area contributed by atoms with Crippen LogP contribution in [-0.4, -0.2) is 70.6 Å². The number of carbonyl (C=O) groups is 1. The van der Waals surface area contributed by atoms with Crippen LogP contribution >= 0.6 is 11.8 Å². The van der Waals surface area contributed by atoms with Gasteiger partial charge < -0.3 is 10.0 Å². The molecule has 4 rings (SSSR count). The molecule has 4 nitrogen and oxygen atoms in total. The van der Waals surface area contributed by atoms with Crippen LogP contribution in [0.4, 0.5) is 0 Å². The molecule has 4 fully saturated rings. The van der Waals surface area contributed by atoms with Crippen LogP contribution in [0, 0.1) is 17.8 Å². The Morgan fingerprint density at radius 2 is 1.86 bits per heavy atom. The van der Waals surface area contributed by atoms with Gasteiger partial charge in [0.25, 0.3) is 0 Å². The molecule has 22 heavy (non-hydrogen) atoms. The summed E-state index contributed by atoms with van der Waals surface area (Å²) in [6.07, 6.45) is 5.97. The summed E-state index contributed by atoms with van der Waals surface area (Å²) in [4.78, 5) is 17.4. The van der Waals surface area contributed by atoms with E-state index in [1.165, 1.54) is 19.4 Å². The van der Waals surface area contributed by atoms with Gasteiger partial charge in [-0.1, -0.05) is 0 Å². The van der Waals surface area contributed by atoms with Crippen molar-refractivity contribution in [3.8, 4) is 0 Å². The van der Waals surface area contributed by atoms with Gasteiger partial charge in [0.2, 0.25) is 5.91 Å². The molecule has 3 saturated heterocycles. The Morgan fingerprint density at radius 1 is 1.14 bits per heavy atom. The van der Waals surface area contributed by atoms with Crippen LogP contribution in [0.2, 0.25) is 0 Å². The number of aliphatic hydroxyl groups is 1. The van der Waals surface area contributed by atoms with Crippen LogP contribution in [0.3, 0.4) is 0 Å². The second-order valence-electron chi connectivity index (χ2n) is 7.91. The van der Waals surface area contributed by atoms with Gasteiger partial charge >= 0.3 is 0 Å². The Hall–Kier alpha value is -0.260. The lowest BCUT2D eigenvalue weighted by atomic mass is 9.83. The molecule has 0 aromatic rings. The topological polar surface area (TPSA) is 43.8 Å². The van der Waals surface area contributed by atoms with Gasteiger partial charge in [-0.3, -0.25) is 9.69 Å². The third kappa shape index (κ3) is 2.80. The molecular weight excluding hydrogens is 296 g/mol. The van der Waals surface area contributed by atoms with E-state index in [0.29, 0.717) is 18.4 Å². The first-order valence-electron chi connectivity index (χ1n) is 8.93. The summed E-state index contributed by atoms with van der Waals surface area (Å²) in [6.45, 7) is 4.36. The molecule has 1 spiro atoms. The standard InChI is InChI=1S/C17H28N2O2S/c20-10-14-7-17(19(9-14)8-13-1-2-13)11-18(12-17)16(21)15-3-5-22-6-4-15/h13-15,20H,1-12H2. The summed E-state index contributed by atoms with van der Waals surface area (Å²) >= 11 is 1.98. The Labute approximate surface area is 137 Å².